The monoisotopic (exact) mass is 429 g/mol. The summed E-state index contributed by atoms with van der Waals surface area (Å²) < 4.78 is 23.3. The van der Waals surface area contributed by atoms with Crippen molar-refractivity contribution in [3.05, 3.63) is 65.2 Å². The highest BCUT2D eigenvalue weighted by Gasteiger charge is 2.42. The number of amidine groups is 1. The van der Waals surface area contributed by atoms with Gasteiger partial charge in [0.15, 0.2) is 15.0 Å². The molecule has 0 saturated carbocycles. The first-order chi connectivity index (χ1) is 13.9. The summed E-state index contributed by atoms with van der Waals surface area (Å²) in [6.07, 6.45) is 0.782. The van der Waals surface area contributed by atoms with E-state index >= 15 is 0 Å². The van der Waals surface area contributed by atoms with Crippen molar-refractivity contribution >= 4 is 38.4 Å². The van der Waals surface area contributed by atoms with Crippen molar-refractivity contribution in [2.75, 3.05) is 23.4 Å². The maximum atomic E-state index is 12.5. The van der Waals surface area contributed by atoms with E-state index in [2.05, 4.69) is 40.7 Å². The second-order valence-electron chi connectivity index (χ2n) is 7.44. The molecule has 4 rings (SSSR count). The molecule has 0 aliphatic carbocycles. The van der Waals surface area contributed by atoms with Crippen molar-refractivity contribution in [1.29, 1.82) is 0 Å². The normalized spacial score (nSPS) is 22.0. The summed E-state index contributed by atoms with van der Waals surface area (Å²) in [5, 5.41) is 6.89. The van der Waals surface area contributed by atoms with Gasteiger partial charge in [0.25, 0.3) is 5.91 Å². The van der Waals surface area contributed by atoms with E-state index < -0.39 is 9.84 Å². The van der Waals surface area contributed by atoms with Crippen LogP contribution in [0.5, 0.6) is 0 Å². The minimum atomic E-state index is -2.96. The second kappa shape index (κ2) is 8.20. The van der Waals surface area contributed by atoms with Crippen molar-refractivity contribution in [3.63, 3.8) is 0 Å². The van der Waals surface area contributed by atoms with Crippen LogP contribution in [0.15, 0.2) is 53.5 Å². The molecule has 2 aliphatic heterocycles. The first-order valence-electron chi connectivity index (χ1n) is 9.54. The number of carbonyl (C=O) groups is 1. The topological polar surface area (TPSA) is 87.6 Å². The average molecular weight is 430 g/mol. The summed E-state index contributed by atoms with van der Waals surface area (Å²) >= 11 is 1.46. The molecule has 2 atom stereocenters. The quantitative estimate of drug-likeness (QED) is 0.763. The Balaban J connectivity index is 1.33. The first-order valence-corrected chi connectivity index (χ1v) is 12.2. The lowest BCUT2D eigenvalue weighted by Gasteiger charge is -2.10. The number of aryl methyl sites for hydroxylation is 1. The van der Waals surface area contributed by atoms with Crippen molar-refractivity contribution in [2.45, 2.75) is 24.6 Å². The number of sulfone groups is 1. The largest absolute Gasteiger partial charge is 0.352 e. The zero-order chi connectivity index (χ0) is 20.4. The number of nitrogens with one attached hydrogen (secondary N) is 2. The fraction of sp³-hybridized carbons (Fsp3) is 0.333. The number of thioether (sulfide) groups is 1. The standard InChI is InChI=1S/C21H23N3O3S2/c1-14-4-2-5-15(10-14)8-9-22-20(25)16-6-3-7-17(11-16)23-21-24-18-12-29(26,27)13-19(18)28-21/h2-7,10-11,18-19H,8-9,12-13H2,1H3,(H,22,25)(H,23,24)/t18-,19+/m0/s1. The van der Waals surface area contributed by atoms with Gasteiger partial charge >= 0.3 is 0 Å². The Morgan fingerprint density at radius 3 is 2.79 bits per heavy atom. The van der Waals surface area contributed by atoms with Gasteiger partial charge in [-0.15, -0.1) is 0 Å². The number of amides is 1. The molecule has 2 aromatic carbocycles. The summed E-state index contributed by atoms with van der Waals surface area (Å²) in [7, 11) is -2.96. The molecule has 2 aromatic rings. The summed E-state index contributed by atoms with van der Waals surface area (Å²) in [6, 6.07) is 15.4. The Morgan fingerprint density at radius 2 is 2.00 bits per heavy atom. The molecule has 8 heteroatoms. The van der Waals surface area contributed by atoms with Crippen LogP contribution in [-0.2, 0) is 16.3 Å². The average Bonchev–Trinajstić information content (AvgIpc) is 3.14. The van der Waals surface area contributed by atoms with E-state index in [-0.39, 0.29) is 28.7 Å². The van der Waals surface area contributed by atoms with Crippen molar-refractivity contribution in [3.8, 4) is 0 Å². The van der Waals surface area contributed by atoms with Gasteiger partial charge in [-0.2, -0.15) is 0 Å². The Hall–Kier alpha value is -2.32. The predicted molar refractivity (Wildman–Crippen MR) is 119 cm³/mol. The Kier molecular flexibility index (Phi) is 5.65. The van der Waals surface area contributed by atoms with Gasteiger partial charge in [0.1, 0.15) is 0 Å². The van der Waals surface area contributed by atoms with Crippen LogP contribution in [-0.4, -0.2) is 48.8 Å². The molecule has 0 unspecified atom stereocenters. The zero-order valence-corrected chi connectivity index (χ0v) is 17.7. The predicted octanol–water partition coefficient (Wildman–Crippen LogP) is 2.65. The molecule has 1 saturated heterocycles. The van der Waals surface area contributed by atoms with E-state index in [1.807, 2.05) is 18.2 Å². The highest BCUT2D eigenvalue weighted by Crippen LogP contribution is 2.34. The number of aliphatic imine (C=N–C) groups is 1. The smallest absolute Gasteiger partial charge is 0.251 e. The Labute approximate surface area is 175 Å². The van der Waals surface area contributed by atoms with Crippen LogP contribution < -0.4 is 10.6 Å². The van der Waals surface area contributed by atoms with Gasteiger partial charge in [-0.1, -0.05) is 47.7 Å². The number of hydrogen-bond acceptors (Lipinski definition) is 6. The molecule has 29 heavy (non-hydrogen) atoms. The van der Waals surface area contributed by atoms with Gasteiger partial charge in [0, 0.05) is 23.0 Å². The number of anilines is 1. The van der Waals surface area contributed by atoms with Crippen LogP contribution in [0.2, 0.25) is 0 Å². The van der Waals surface area contributed by atoms with Gasteiger partial charge in [-0.05, 0) is 37.1 Å². The number of fused-ring (bicyclic) bond motifs is 1. The first kappa shape index (κ1) is 20.0. The van der Waals surface area contributed by atoms with Crippen LogP contribution >= 0.6 is 11.8 Å². The molecule has 0 radical (unpaired) electrons. The summed E-state index contributed by atoms with van der Waals surface area (Å²) in [5.41, 5.74) is 3.75. The van der Waals surface area contributed by atoms with Crippen LogP contribution in [0.25, 0.3) is 0 Å². The lowest BCUT2D eigenvalue weighted by Crippen LogP contribution is -2.25. The molecule has 6 nitrogen and oxygen atoms in total. The van der Waals surface area contributed by atoms with Crippen LogP contribution in [0.3, 0.4) is 0 Å². The lowest BCUT2D eigenvalue weighted by atomic mass is 10.1. The maximum absolute atomic E-state index is 12.5. The number of nitrogens with zero attached hydrogens (tertiary/aromatic N) is 1. The molecule has 2 N–H and O–H groups in total. The number of benzene rings is 2. The Bertz CT molecular complexity index is 1070. The number of carbonyl (C=O) groups excluding carboxylic acids is 1. The van der Waals surface area contributed by atoms with E-state index in [4.69, 9.17) is 0 Å². The highest BCUT2D eigenvalue weighted by atomic mass is 32.2. The molecule has 2 aliphatic rings. The molecule has 1 amide bonds. The van der Waals surface area contributed by atoms with E-state index in [0.717, 1.165) is 12.1 Å². The molecule has 0 spiro atoms. The summed E-state index contributed by atoms with van der Waals surface area (Å²) in [5.74, 6) is 0.185. The van der Waals surface area contributed by atoms with Gasteiger partial charge in [-0.25, -0.2) is 8.42 Å². The fourth-order valence-corrected chi connectivity index (χ4v) is 7.24. The minimum Gasteiger partial charge on any atom is -0.352 e. The van der Waals surface area contributed by atoms with E-state index in [1.54, 1.807) is 12.1 Å². The number of hydrogen-bond donors (Lipinski definition) is 2. The Morgan fingerprint density at radius 1 is 1.17 bits per heavy atom. The molecule has 152 valence electrons. The summed E-state index contributed by atoms with van der Waals surface area (Å²) in [6.45, 7) is 2.62. The van der Waals surface area contributed by atoms with E-state index in [1.165, 1.54) is 22.9 Å². The molecular formula is C21H23N3O3S2. The van der Waals surface area contributed by atoms with Gasteiger partial charge in [0.2, 0.25) is 0 Å². The zero-order valence-electron chi connectivity index (χ0n) is 16.1. The molecular weight excluding hydrogens is 406 g/mol. The van der Waals surface area contributed by atoms with Gasteiger partial charge in [0.05, 0.1) is 17.5 Å². The minimum absolute atomic E-state index is 0.00407. The SMILES string of the molecule is Cc1cccc(CCNC(=O)c2cccc(NC3=N[C@H]4CS(=O)(=O)C[C@H]4S3)c2)c1. The van der Waals surface area contributed by atoms with Crippen LogP contribution in [0, 0.1) is 6.92 Å². The second-order valence-corrected chi connectivity index (χ2v) is 10.8. The molecule has 2 heterocycles. The third-order valence-electron chi connectivity index (χ3n) is 4.98. The fourth-order valence-electron chi connectivity index (χ4n) is 3.57. The van der Waals surface area contributed by atoms with Crippen molar-refractivity contribution in [1.82, 2.24) is 5.32 Å². The van der Waals surface area contributed by atoms with Gasteiger partial charge < -0.3 is 10.6 Å². The summed E-state index contributed by atoms with van der Waals surface area (Å²) in [4.78, 5) is 17.0. The maximum Gasteiger partial charge on any atom is 0.251 e. The number of rotatable bonds is 5. The van der Waals surface area contributed by atoms with Gasteiger partial charge in [-0.3, -0.25) is 9.79 Å². The molecule has 0 aromatic heterocycles. The molecule has 1 fully saturated rings. The van der Waals surface area contributed by atoms with E-state index in [0.29, 0.717) is 17.3 Å². The third-order valence-corrected chi connectivity index (χ3v) is 8.12. The van der Waals surface area contributed by atoms with E-state index in [9.17, 15) is 13.2 Å². The lowest BCUT2D eigenvalue weighted by molar-refractivity contribution is 0.0954. The highest BCUT2D eigenvalue weighted by molar-refractivity contribution is 8.15. The van der Waals surface area contributed by atoms with Crippen LogP contribution in [0.4, 0.5) is 5.69 Å². The van der Waals surface area contributed by atoms with Crippen molar-refractivity contribution in [2.24, 2.45) is 4.99 Å². The van der Waals surface area contributed by atoms with Crippen LogP contribution in [0.1, 0.15) is 21.5 Å². The third kappa shape index (κ3) is 5.00. The van der Waals surface area contributed by atoms with Crippen molar-refractivity contribution < 1.29 is 13.2 Å². The molecule has 0 bridgehead atoms.